The van der Waals surface area contributed by atoms with Gasteiger partial charge in [-0.2, -0.15) is 0 Å². The van der Waals surface area contributed by atoms with Crippen molar-refractivity contribution in [3.63, 3.8) is 0 Å². The number of hydrogen-bond acceptors (Lipinski definition) is 3. The molecule has 0 aliphatic rings. The van der Waals surface area contributed by atoms with Crippen LogP contribution in [0.25, 0.3) is 6.08 Å². The SMILES string of the molecule is C=CC(C)O.C=CN(C)/C=C(\C)S(=O)Nc1cccc(CC=Cc2ccccc2CCC(C)=C(C)C)c1. The first kappa shape index (κ1) is 31.9. The van der Waals surface area contributed by atoms with Gasteiger partial charge in [0, 0.05) is 18.9 Å². The lowest BCUT2D eigenvalue weighted by atomic mass is 9.98. The molecule has 2 aromatic carbocycles. The van der Waals surface area contributed by atoms with Gasteiger partial charge in [0.2, 0.25) is 0 Å². The topological polar surface area (TPSA) is 52.6 Å². The third-order valence-electron chi connectivity index (χ3n) is 5.77. The summed E-state index contributed by atoms with van der Waals surface area (Å²) in [4.78, 5) is 2.52. The predicted octanol–water partition coefficient (Wildman–Crippen LogP) is 7.80. The molecule has 0 bridgehead atoms. The molecule has 0 saturated heterocycles. The number of nitrogens with zero attached hydrogens (tertiary/aromatic N) is 1. The fraction of sp³-hybridized carbons (Fsp3) is 0.312. The number of benzene rings is 2. The highest BCUT2D eigenvalue weighted by atomic mass is 32.2. The van der Waals surface area contributed by atoms with E-state index in [-0.39, 0.29) is 6.10 Å². The van der Waals surface area contributed by atoms with Crippen LogP contribution in [0.2, 0.25) is 0 Å². The van der Waals surface area contributed by atoms with Crippen LogP contribution in [0.4, 0.5) is 5.69 Å². The lowest BCUT2D eigenvalue weighted by molar-refractivity contribution is 0.244. The van der Waals surface area contributed by atoms with Crippen molar-refractivity contribution in [3.8, 4) is 0 Å². The van der Waals surface area contributed by atoms with E-state index in [1.807, 2.05) is 26.1 Å². The minimum atomic E-state index is -1.29. The van der Waals surface area contributed by atoms with E-state index >= 15 is 0 Å². The zero-order chi connectivity index (χ0) is 27.8. The summed E-state index contributed by atoms with van der Waals surface area (Å²) < 4.78 is 15.6. The van der Waals surface area contributed by atoms with Crippen LogP contribution in [0.3, 0.4) is 0 Å². The molecule has 0 spiro atoms. The summed E-state index contributed by atoms with van der Waals surface area (Å²) in [6.07, 6.45) is 12.0. The first-order valence-electron chi connectivity index (χ1n) is 12.6. The van der Waals surface area contributed by atoms with Crippen molar-refractivity contribution in [1.29, 1.82) is 0 Å². The summed E-state index contributed by atoms with van der Waals surface area (Å²) in [7, 11) is 0.568. The Kier molecular flexibility index (Phi) is 14.9. The Morgan fingerprint density at radius 2 is 1.78 bits per heavy atom. The maximum atomic E-state index is 12.5. The molecule has 4 nitrogen and oxygen atoms in total. The predicted molar refractivity (Wildman–Crippen MR) is 163 cm³/mol. The van der Waals surface area contributed by atoms with Gasteiger partial charge in [0.25, 0.3) is 0 Å². The monoisotopic (exact) mass is 520 g/mol. The zero-order valence-corrected chi connectivity index (χ0v) is 24.1. The standard InChI is InChI=1S/C28H36N2OS.C4H8O/c1-7-30(6)21-24(5)32(31)29-28-17-11-13-25(20-28)12-10-16-26-14-8-9-15-27(26)19-18-23(4)22(2)3;1-3-4(2)5/h7-11,13-17,20-21,29H,1,12,18-19H2,2-6H3;3-5H,1H2,2H3/b16-10?,24-21+;. The van der Waals surface area contributed by atoms with Gasteiger partial charge in [-0.3, -0.25) is 0 Å². The van der Waals surface area contributed by atoms with Gasteiger partial charge in [-0.15, -0.1) is 6.58 Å². The molecule has 0 fully saturated rings. The summed E-state index contributed by atoms with van der Waals surface area (Å²) in [6.45, 7) is 17.1. The third kappa shape index (κ3) is 13.1. The average Bonchev–Trinajstić information content (AvgIpc) is 2.88. The highest BCUT2D eigenvalue weighted by molar-refractivity contribution is 7.90. The number of anilines is 1. The van der Waals surface area contributed by atoms with Crippen molar-refractivity contribution in [1.82, 2.24) is 4.90 Å². The summed E-state index contributed by atoms with van der Waals surface area (Å²) in [6, 6.07) is 16.7. The van der Waals surface area contributed by atoms with Gasteiger partial charge < -0.3 is 14.7 Å². The van der Waals surface area contributed by atoms with Crippen molar-refractivity contribution in [2.75, 3.05) is 11.8 Å². The second kappa shape index (κ2) is 17.3. The smallest absolute Gasteiger partial charge is 0.147 e. The van der Waals surface area contributed by atoms with E-state index in [2.05, 4.69) is 87.2 Å². The largest absolute Gasteiger partial charge is 0.389 e. The molecule has 2 N–H and O–H groups in total. The van der Waals surface area contributed by atoms with Crippen LogP contribution >= 0.6 is 0 Å². The molecule has 2 atom stereocenters. The Morgan fingerprint density at radius 3 is 2.41 bits per heavy atom. The van der Waals surface area contributed by atoms with Gasteiger partial charge >= 0.3 is 0 Å². The highest BCUT2D eigenvalue weighted by Crippen LogP contribution is 2.19. The van der Waals surface area contributed by atoms with Crippen molar-refractivity contribution in [3.05, 3.63) is 119 Å². The Morgan fingerprint density at radius 1 is 1.11 bits per heavy atom. The Hall–Kier alpha value is -3.15. The lowest BCUT2D eigenvalue weighted by Gasteiger charge is -2.11. The van der Waals surface area contributed by atoms with Crippen molar-refractivity contribution >= 4 is 22.7 Å². The van der Waals surface area contributed by atoms with Crippen molar-refractivity contribution in [2.45, 2.75) is 60.0 Å². The molecule has 2 unspecified atom stereocenters. The van der Waals surface area contributed by atoms with Crippen LogP contribution < -0.4 is 4.72 Å². The van der Waals surface area contributed by atoms with E-state index in [0.29, 0.717) is 0 Å². The number of rotatable bonds is 12. The molecule has 37 heavy (non-hydrogen) atoms. The second-order valence-electron chi connectivity index (χ2n) is 9.22. The van der Waals surface area contributed by atoms with E-state index in [0.717, 1.165) is 29.9 Å². The Labute approximate surface area is 227 Å². The Bertz CT molecular complexity index is 1130. The van der Waals surface area contributed by atoms with Crippen LogP contribution in [0, 0.1) is 0 Å². The first-order chi connectivity index (χ1) is 17.6. The molecule has 0 aliphatic carbocycles. The molecule has 0 radical (unpaired) electrons. The average molecular weight is 521 g/mol. The zero-order valence-electron chi connectivity index (χ0n) is 23.3. The van der Waals surface area contributed by atoms with E-state index in [4.69, 9.17) is 5.11 Å². The van der Waals surface area contributed by atoms with Crippen LogP contribution in [0.15, 0.2) is 102 Å². The van der Waals surface area contributed by atoms with E-state index in [9.17, 15) is 4.21 Å². The van der Waals surface area contributed by atoms with E-state index in [1.165, 1.54) is 33.9 Å². The molecule has 0 amide bonds. The first-order valence-corrected chi connectivity index (χ1v) is 13.7. The Balaban J connectivity index is 0.00000124. The molecule has 0 heterocycles. The third-order valence-corrected chi connectivity index (χ3v) is 6.88. The number of allylic oxidation sites excluding steroid dienone is 4. The second-order valence-corrected chi connectivity index (χ2v) is 10.6. The normalized spacial score (nSPS) is 12.7. The van der Waals surface area contributed by atoms with Crippen molar-refractivity contribution < 1.29 is 9.32 Å². The number of aryl methyl sites for hydroxylation is 1. The number of aliphatic hydroxyl groups is 1. The van der Waals surface area contributed by atoms with Crippen LogP contribution in [-0.4, -0.2) is 27.4 Å². The fourth-order valence-corrected chi connectivity index (χ4v) is 3.92. The summed E-state index contributed by atoms with van der Waals surface area (Å²) >= 11 is 0. The van der Waals surface area contributed by atoms with Crippen LogP contribution in [0.1, 0.15) is 57.7 Å². The van der Waals surface area contributed by atoms with Crippen molar-refractivity contribution in [2.24, 2.45) is 0 Å². The molecule has 2 aromatic rings. The van der Waals surface area contributed by atoms with Gasteiger partial charge in [0.05, 0.1) is 11.0 Å². The van der Waals surface area contributed by atoms with Gasteiger partial charge in [0.15, 0.2) is 0 Å². The maximum absolute atomic E-state index is 12.5. The van der Waals surface area contributed by atoms with Gasteiger partial charge in [-0.1, -0.05) is 72.4 Å². The molecular formula is C32H44N2O2S. The summed E-state index contributed by atoms with van der Waals surface area (Å²) in [5.41, 5.74) is 7.54. The fourth-order valence-electron chi connectivity index (χ4n) is 3.16. The highest BCUT2D eigenvalue weighted by Gasteiger charge is 2.05. The maximum Gasteiger partial charge on any atom is 0.147 e. The minimum absolute atomic E-state index is 0.352. The molecule has 2 rings (SSSR count). The van der Waals surface area contributed by atoms with Gasteiger partial charge in [-0.25, -0.2) is 4.21 Å². The van der Waals surface area contributed by atoms with Crippen LogP contribution in [0.5, 0.6) is 0 Å². The summed E-state index contributed by atoms with van der Waals surface area (Å²) in [5, 5.41) is 8.24. The molecule has 200 valence electrons. The molecular weight excluding hydrogens is 476 g/mol. The molecule has 5 heteroatoms. The number of hydrogen-bond donors (Lipinski definition) is 2. The van der Waals surface area contributed by atoms with E-state index in [1.54, 1.807) is 24.2 Å². The van der Waals surface area contributed by atoms with E-state index < -0.39 is 11.0 Å². The quantitative estimate of drug-likeness (QED) is 0.281. The molecule has 0 aliphatic heterocycles. The molecule has 0 aromatic heterocycles. The summed E-state index contributed by atoms with van der Waals surface area (Å²) in [5.74, 6) is 0. The van der Waals surface area contributed by atoms with Gasteiger partial charge in [-0.05, 0) is 88.9 Å². The van der Waals surface area contributed by atoms with Gasteiger partial charge in [0.1, 0.15) is 11.0 Å². The number of nitrogens with one attached hydrogen (secondary N) is 1. The minimum Gasteiger partial charge on any atom is -0.389 e. The van der Waals surface area contributed by atoms with Crippen LogP contribution in [-0.2, 0) is 23.8 Å². The molecule has 0 saturated carbocycles. The lowest BCUT2D eigenvalue weighted by Crippen LogP contribution is -2.09. The number of aliphatic hydroxyl groups excluding tert-OH is 1.